The third kappa shape index (κ3) is 5.47. The van der Waals surface area contributed by atoms with Gasteiger partial charge in [-0.15, -0.1) is 0 Å². The summed E-state index contributed by atoms with van der Waals surface area (Å²) < 4.78 is 36.8. The van der Waals surface area contributed by atoms with Crippen molar-refractivity contribution < 1.29 is 22.7 Å². The number of benzene rings is 2. The number of nitrogens with one attached hydrogen (secondary N) is 1. The second kappa shape index (κ2) is 9.41. The average Bonchev–Trinajstić information content (AvgIpc) is 2.71. The molecular formula is C20H23N3O5S. The Bertz CT molecular complexity index is 1010. The SMILES string of the molecule is COc1cc(C#N)ccc1OCC(=O)Nc1ccc(S(=O)(=O)N(C)C(C)C)cc1. The summed E-state index contributed by atoms with van der Waals surface area (Å²) in [4.78, 5) is 12.3. The highest BCUT2D eigenvalue weighted by atomic mass is 32.2. The van der Waals surface area contributed by atoms with Gasteiger partial charge in [0, 0.05) is 24.8 Å². The molecule has 0 saturated heterocycles. The van der Waals surface area contributed by atoms with Crippen LogP contribution < -0.4 is 14.8 Å². The molecule has 154 valence electrons. The lowest BCUT2D eigenvalue weighted by atomic mass is 10.2. The Morgan fingerprint density at radius 1 is 1.17 bits per heavy atom. The number of nitriles is 1. The van der Waals surface area contributed by atoms with Crippen LogP contribution in [0, 0.1) is 11.3 Å². The fourth-order valence-electron chi connectivity index (χ4n) is 2.35. The molecule has 0 aromatic heterocycles. The molecule has 9 heteroatoms. The summed E-state index contributed by atoms with van der Waals surface area (Å²) in [6.45, 7) is 3.29. The van der Waals surface area contributed by atoms with E-state index in [9.17, 15) is 13.2 Å². The molecule has 0 unspecified atom stereocenters. The Morgan fingerprint density at radius 3 is 2.38 bits per heavy atom. The van der Waals surface area contributed by atoms with E-state index in [0.717, 1.165) is 0 Å². The van der Waals surface area contributed by atoms with Crippen molar-refractivity contribution in [2.45, 2.75) is 24.8 Å². The topological polar surface area (TPSA) is 109 Å². The van der Waals surface area contributed by atoms with Crippen LogP contribution in [-0.2, 0) is 14.8 Å². The monoisotopic (exact) mass is 417 g/mol. The average molecular weight is 417 g/mol. The maximum Gasteiger partial charge on any atom is 0.262 e. The van der Waals surface area contributed by atoms with Gasteiger partial charge < -0.3 is 14.8 Å². The summed E-state index contributed by atoms with van der Waals surface area (Å²) in [7, 11) is -0.626. The molecule has 0 saturated carbocycles. The van der Waals surface area contributed by atoms with E-state index in [4.69, 9.17) is 14.7 Å². The predicted octanol–water partition coefficient (Wildman–Crippen LogP) is 2.61. The summed E-state index contributed by atoms with van der Waals surface area (Å²) >= 11 is 0. The summed E-state index contributed by atoms with van der Waals surface area (Å²) in [6.07, 6.45) is 0. The first-order chi connectivity index (χ1) is 13.7. The number of hydrogen-bond acceptors (Lipinski definition) is 6. The van der Waals surface area contributed by atoms with E-state index >= 15 is 0 Å². The first kappa shape index (κ1) is 22.2. The lowest BCUT2D eigenvalue weighted by molar-refractivity contribution is -0.118. The summed E-state index contributed by atoms with van der Waals surface area (Å²) in [5, 5.41) is 11.5. The summed E-state index contributed by atoms with van der Waals surface area (Å²) in [6, 6.07) is 12.4. The minimum atomic E-state index is -3.58. The number of anilines is 1. The lowest BCUT2D eigenvalue weighted by Gasteiger charge is -2.21. The zero-order valence-electron chi connectivity index (χ0n) is 16.7. The number of sulfonamides is 1. The summed E-state index contributed by atoms with van der Waals surface area (Å²) in [5.74, 6) is 0.256. The van der Waals surface area contributed by atoms with Crippen LogP contribution in [0.5, 0.6) is 11.5 Å². The number of hydrogen-bond donors (Lipinski definition) is 1. The fourth-order valence-corrected chi connectivity index (χ4v) is 3.72. The second-order valence-corrected chi connectivity index (χ2v) is 8.45. The standard InChI is InChI=1S/C20H23N3O5S/c1-14(2)23(3)29(25,26)17-8-6-16(7-9-17)22-20(24)13-28-18-10-5-15(12-21)11-19(18)27-4/h5-11,14H,13H2,1-4H3,(H,22,24). The first-order valence-electron chi connectivity index (χ1n) is 8.78. The fraction of sp³-hybridized carbons (Fsp3) is 0.300. The molecule has 2 aromatic carbocycles. The van der Waals surface area contributed by atoms with Crippen molar-refractivity contribution in [1.29, 1.82) is 5.26 Å². The Kier molecular flexibility index (Phi) is 7.20. The van der Waals surface area contributed by atoms with Crippen LogP contribution in [-0.4, -0.2) is 45.4 Å². The molecule has 1 N–H and O–H groups in total. The van der Waals surface area contributed by atoms with Gasteiger partial charge in [0.05, 0.1) is 23.6 Å². The molecule has 0 aliphatic carbocycles. The number of rotatable bonds is 8. The zero-order chi connectivity index (χ0) is 21.6. The van der Waals surface area contributed by atoms with Crippen LogP contribution in [0.15, 0.2) is 47.4 Å². The van der Waals surface area contributed by atoms with Gasteiger partial charge >= 0.3 is 0 Å². The van der Waals surface area contributed by atoms with E-state index in [1.807, 2.05) is 6.07 Å². The van der Waals surface area contributed by atoms with Gasteiger partial charge in [-0.1, -0.05) is 0 Å². The molecule has 1 amide bonds. The van der Waals surface area contributed by atoms with Crippen molar-refractivity contribution in [3.8, 4) is 17.6 Å². The molecule has 0 fully saturated rings. The Hall–Kier alpha value is -3.09. The molecule has 0 aliphatic heterocycles. The maximum absolute atomic E-state index is 12.5. The number of carbonyl (C=O) groups excluding carboxylic acids is 1. The van der Waals surface area contributed by atoms with Gasteiger partial charge in [0.15, 0.2) is 18.1 Å². The van der Waals surface area contributed by atoms with E-state index < -0.39 is 15.9 Å². The van der Waals surface area contributed by atoms with Crippen molar-refractivity contribution in [2.24, 2.45) is 0 Å². The molecule has 0 bridgehead atoms. The quantitative estimate of drug-likeness (QED) is 0.707. The van der Waals surface area contributed by atoms with E-state index in [-0.39, 0.29) is 17.5 Å². The number of nitrogens with zero attached hydrogens (tertiary/aromatic N) is 2. The van der Waals surface area contributed by atoms with Crippen molar-refractivity contribution >= 4 is 21.6 Å². The third-order valence-electron chi connectivity index (χ3n) is 4.19. The van der Waals surface area contributed by atoms with Crippen molar-refractivity contribution in [1.82, 2.24) is 4.31 Å². The number of amides is 1. The molecule has 2 aromatic rings. The van der Waals surface area contributed by atoms with Gasteiger partial charge in [0.2, 0.25) is 10.0 Å². The molecule has 2 rings (SSSR count). The highest BCUT2D eigenvalue weighted by Crippen LogP contribution is 2.27. The minimum absolute atomic E-state index is 0.144. The van der Waals surface area contributed by atoms with Crippen molar-refractivity contribution in [3.05, 3.63) is 48.0 Å². The van der Waals surface area contributed by atoms with E-state index in [1.165, 1.54) is 48.8 Å². The molecule has 8 nitrogen and oxygen atoms in total. The first-order valence-corrected chi connectivity index (χ1v) is 10.2. The lowest BCUT2D eigenvalue weighted by Crippen LogP contribution is -2.33. The normalized spacial score (nSPS) is 11.2. The molecule has 0 atom stereocenters. The smallest absolute Gasteiger partial charge is 0.262 e. The van der Waals surface area contributed by atoms with Crippen molar-refractivity contribution in [3.63, 3.8) is 0 Å². The Balaban J connectivity index is 2.01. The van der Waals surface area contributed by atoms with Crippen LogP contribution >= 0.6 is 0 Å². The molecule has 29 heavy (non-hydrogen) atoms. The largest absolute Gasteiger partial charge is 0.493 e. The van der Waals surface area contributed by atoms with Crippen molar-refractivity contribution in [2.75, 3.05) is 26.1 Å². The van der Waals surface area contributed by atoms with Gasteiger partial charge in [-0.05, 0) is 50.2 Å². The van der Waals surface area contributed by atoms with Crippen LogP contribution in [0.2, 0.25) is 0 Å². The van der Waals surface area contributed by atoms with Gasteiger partial charge in [-0.3, -0.25) is 4.79 Å². The maximum atomic E-state index is 12.5. The molecule has 0 spiro atoms. The third-order valence-corrected chi connectivity index (χ3v) is 6.24. The highest BCUT2D eigenvalue weighted by molar-refractivity contribution is 7.89. The van der Waals surface area contributed by atoms with Gasteiger partial charge in [-0.2, -0.15) is 9.57 Å². The second-order valence-electron chi connectivity index (χ2n) is 6.45. The van der Waals surface area contributed by atoms with Crippen LogP contribution in [0.1, 0.15) is 19.4 Å². The number of methoxy groups -OCH3 is 1. The molecule has 0 aliphatic rings. The minimum Gasteiger partial charge on any atom is -0.493 e. The highest BCUT2D eigenvalue weighted by Gasteiger charge is 2.22. The van der Waals surface area contributed by atoms with Crippen LogP contribution in [0.3, 0.4) is 0 Å². The number of carbonyl (C=O) groups is 1. The zero-order valence-corrected chi connectivity index (χ0v) is 17.5. The van der Waals surface area contributed by atoms with Crippen LogP contribution in [0.25, 0.3) is 0 Å². The molecule has 0 heterocycles. The van der Waals surface area contributed by atoms with E-state index in [0.29, 0.717) is 22.7 Å². The Morgan fingerprint density at radius 2 is 1.83 bits per heavy atom. The molecular weight excluding hydrogens is 394 g/mol. The van der Waals surface area contributed by atoms with E-state index in [1.54, 1.807) is 26.0 Å². The predicted molar refractivity (Wildman–Crippen MR) is 108 cm³/mol. The van der Waals surface area contributed by atoms with E-state index in [2.05, 4.69) is 5.32 Å². The van der Waals surface area contributed by atoms with Crippen LogP contribution in [0.4, 0.5) is 5.69 Å². The Labute approximate surface area is 170 Å². The van der Waals surface area contributed by atoms with Gasteiger partial charge in [0.25, 0.3) is 5.91 Å². The van der Waals surface area contributed by atoms with Gasteiger partial charge in [0.1, 0.15) is 0 Å². The van der Waals surface area contributed by atoms with Gasteiger partial charge in [-0.25, -0.2) is 8.42 Å². The summed E-state index contributed by atoms with van der Waals surface area (Å²) in [5.41, 5.74) is 0.855. The number of ether oxygens (including phenoxy) is 2. The molecule has 0 radical (unpaired) electrons.